The van der Waals surface area contributed by atoms with Crippen LogP contribution in [0.1, 0.15) is 11.1 Å². The van der Waals surface area contributed by atoms with Crippen molar-refractivity contribution >= 4 is 11.0 Å². The van der Waals surface area contributed by atoms with Gasteiger partial charge in [-0.2, -0.15) is 5.26 Å². The molecule has 0 aliphatic rings. The SMILES string of the molecule is Cc1cccc2c(C#N)coc12. The van der Waals surface area contributed by atoms with Crippen LogP contribution in [0.4, 0.5) is 0 Å². The number of benzene rings is 1. The summed E-state index contributed by atoms with van der Waals surface area (Å²) in [6, 6.07) is 7.87. The third-order valence-corrected chi connectivity index (χ3v) is 1.92. The van der Waals surface area contributed by atoms with Crippen molar-refractivity contribution in [3.8, 4) is 6.07 Å². The lowest BCUT2D eigenvalue weighted by molar-refractivity contribution is 0.612. The predicted molar refractivity (Wildman–Crippen MR) is 45.7 cm³/mol. The maximum absolute atomic E-state index is 8.71. The van der Waals surface area contributed by atoms with Crippen molar-refractivity contribution in [2.45, 2.75) is 6.92 Å². The first-order chi connectivity index (χ1) is 5.83. The van der Waals surface area contributed by atoms with Crippen molar-refractivity contribution in [1.29, 1.82) is 5.26 Å². The lowest BCUT2D eigenvalue weighted by Crippen LogP contribution is -1.72. The van der Waals surface area contributed by atoms with Gasteiger partial charge in [0.2, 0.25) is 0 Å². The third-order valence-electron chi connectivity index (χ3n) is 1.92. The molecular weight excluding hydrogens is 150 g/mol. The van der Waals surface area contributed by atoms with Gasteiger partial charge in [-0.05, 0) is 18.6 Å². The molecular formula is C10H7NO. The van der Waals surface area contributed by atoms with Crippen LogP contribution in [0.3, 0.4) is 0 Å². The lowest BCUT2D eigenvalue weighted by atomic mass is 10.1. The first-order valence-electron chi connectivity index (χ1n) is 3.70. The topological polar surface area (TPSA) is 36.9 Å². The van der Waals surface area contributed by atoms with E-state index >= 15 is 0 Å². The van der Waals surface area contributed by atoms with Crippen molar-refractivity contribution in [3.05, 3.63) is 35.6 Å². The quantitative estimate of drug-likeness (QED) is 0.589. The molecule has 0 aliphatic carbocycles. The van der Waals surface area contributed by atoms with Crippen LogP contribution in [0, 0.1) is 18.3 Å². The number of para-hydroxylation sites is 1. The van der Waals surface area contributed by atoms with Crippen LogP contribution >= 0.6 is 0 Å². The second kappa shape index (κ2) is 2.38. The highest BCUT2D eigenvalue weighted by molar-refractivity contribution is 5.85. The second-order valence-corrected chi connectivity index (χ2v) is 2.71. The monoisotopic (exact) mass is 157 g/mol. The van der Waals surface area contributed by atoms with Crippen LogP contribution in [0.5, 0.6) is 0 Å². The fourth-order valence-corrected chi connectivity index (χ4v) is 1.29. The number of nitrogens with zero attached hydrogens (tertiary/aromatic N) is 1. The minimum Gasteiger partial charge on any atom is -0.463 e. The van der Waals surface area contributed by atoms with Crippen LogP contribution in [0.2, 0.25) is 0 Å². The van der Waals surface area contributed by atoms with Gasteiger partial charge in [-0.15, -0.1) is 0 Å². The molecule has 0 saturated heterocycles. The first-order valence-corrected chi connectivity index (χ1v) is 3.70. The average Bonchev–Trinajstić information content (AvgIpc) is 2.49. The van der Waals surface area contributed by atoms with E-state index in [1.54, 1.807) is 0 Å². The normalized spacial score (nSPS) is 10.0. The van der Waals surface area contributed by atoms with E-state index in [0.29, 0.717) is 5.56 Å². The van der Waals surface area contributed by atoms with Crippen molar-refractivity contribution in [3.63, 3.8) is 0 Å². The Labute approximate surface area is 70.0 Å². The van der Waals surface area contributed by atoms with Crippen LogP contribution in [-0.2, 0) is 0 Å². The van der Waals surface area contributed by atoms with E-state index < -0.39 is 0 Å². The van der Waals surface area contributed by atoms with E-state index in [0.717, 1.165) is 16.5 Å². The Bertz CT molecular complexity index is 462. The van der Waals surface area contributed by atoms with Gasteiger partial charge in [-0.25, -0.2) is 0 Å². The molecule has 0 atom stereocenters. The zero-order chi connectivity index (χ0) is 8.55. The van der Waals surface area contributed by atoms with E-state index in [2.05, 4.69) is 6.07 Å². The van der Waals surface area contributed by atoms with Gasteiger partial charge in [-0.1, -0.05) is 12.1 Å². The second-order valence-electron chi connectivity index (χ2n) is 2.71. The fourth-order valence-electron chi connectivity index (χ4n) is 1.29. The number of fused-ring (bicyclic) bond motifs is 1. The summed E-state index contributed by atoms with van der Waals surface area (Å²) in [6.45, 7) is 1.97. The molecule has 0 spiro atoms. The molecule has 0 aliphatic heterocycles. The molecule has 1 aromatic carbocycles. The van der Waals surface area contributed by atoms with Gasteiger partial charge in [0.15, 0.2) is 0 Å². The smallest absolute Gasteiger partial charge is 0.138 e. The van der Waals surface area contributed by atoms with Gasteiger partial charge >= 0.3 is 0 Å². The van der Waals surface area contributed by atoms with Crippen molar-refractivity contribution in [2.24, 2.45) is 0 Å². The Morgan fingerprint density at radius 2 is 2.25 bits per heavy atom. The third kappa shape index (κ3) is 0.802. The van der Waals surface area contributed by atoms with Crippen LogP contribution in [-0.4, -0.2) is 0 Å². The fraction of sp³-hybridized carbons (Fsp3) is 0.100. The molecule has 0 amide bonds. The Morgan fingerprint density at radius 3 is 3.00 bits per heavy atom. The maximum Gasteiger partial charge on any atom is 0.138 e. The summed E-state index contributed by atoms with van der Waals surface area (Å²) in [5, 5.41) is 9.61. The van der Waals surface area contributed by atoms with E-state index in [4.69, 9.17) is 9.68 Å². The largest absolute Gasteiger partial charge is 0.463 e. The first kappa shape index (κ1) is 6.93. The standard InChI is InChI=1S/C10H7NO/c1-7-3-2-4-9-8(5-11)6-12-10(7)9/h2-4,6H,1H3. The molecule has 1 aromatic heterocycles. The van der Waals surface area contributed by atoms with Gasteiger partial charge in [0, 0.05) is 5.39 Å². The molecule has 0 N–H and O–H groups in total. The van der Waals surface area contributed by atoms with E-state index in [9.17, 15) is 0 Å². The summed E-state index contributed by atoms with van der Waals surface area (Å²) < 4.78 is 5.25. The molecule has 2 nitrogen and oxygen atoms in total. The van der Waals surface area contributed by atoms with Gasteiger partial charge in [0.05, 0.1) is 5.56 Å². The van der Waals surface area contributed by atoms with Crippen LogP contribution < -0.4 is 0 Å². The summed E-state index contributed by atoms with van der Waals surface area (Å²) in [7, 11) is 0. The van der Waals surface area contributed by atoms with Crippen LogP contribution in [0.15, 0.2) is 28.9 Å². The molecule has 0 radical (unpaired) electrons. The molecule has 1 heterocycles. The number of rotatable bonds is 0. The van der Waals surface area contributed by atoms with Gasteiger partial charge in [-0.3, -0.25) is 0 Å². The minimum absolute atomic E-state index is 0.605. The van der Waals surface area contributed by atoms with Crippen molar-refractivity contribution in [1.82, 2.24) is 0 Å². The Kier molecular flexibility index (Phi) is 1.38. The minimum atomic E-state index is 0.605. The number of aryl methyl sites for hydroxylation is 1. The highest BCUT2D eigenvalue weighted by Crippen LogP contribution is 2.22. The Hall–Kier alpha value is -1.75. The number of hydrogen-bond acceptors (Lipinski definition) is 2. The summed E-state index contributed by atoms with van der Waals surface area (Å²) in [6.07, 6.45) is 1.50. The Morgan fingerprint density at radius 1 is 1.42 bits per heavy atom. The molecule has 12 heavy (non-hydrogen) atoms. The molecule has 0 saturated carbocycles. The van der Waals surface area contributed by atoms with Gasteiger partial charge in [0.1, 0.15) is 17.9 Å². The summed E-state index contributed by atoms with van der Waals surface area (Å²) >= 11 is 0. The summed E-state index contributed by atoms with van der Waals surface area (Å²) in [5.74, 6) is 0. The number of nitriles is 1. The molecule has 0 unspecified atom stereocenters. The van der Waals surface area contributed by atoms with Crippen molar-refractivity contribution < 1.29 is 4.42 Å². The Balaban J connectivity index is 2.91. The molecule has 2 rings (SSSR count). The van der Waals surface area contributed by atoms with E-state index in [1.807, 2.05) is 25.1 Å². The number of hydrogen-bond donors (Lipinski definition) is 0. The van der Waals surface area contributed by atoms with E-state index in [1.165, 1.54) is 6.26 Å². The van der Waals surface area contributed by atoms with E-state index in [-0.39, 0.29) is 0 Å². The zero-order valence-electron chi connectivity index (χ0n) is 6.66. The molecule has 2 heteroatoms. The average molecular weight is 157 g/mol. The highest BCUT2D eigenvalue weighted by Gasteiger charge is 2.05. The van der Waals surface area contributed by atoms with Gasteiger partial charge < -0.3 is 4.42 Å². The summed E-state index contributed by atoms with van der Waals surface area (Å²) in [5.41, 5.74) is 2.48. The maximum atomic E-state index is 8.71. The molecule has 0 fully saturated rings. The molecule has 0 bridgehead atoms. The van der Waals surface area contributed by atoms with Gasteiger partial charge in [0.25, 0.3) is 0 Å². The van der Waals surface area contributed by atoms with Crippen molar-refractivity contribution in [2.75, 3.05) is 0 Å². The zero-order valence-corrected chi connectivity index (χ0v) is 6.66. The number of furan rings is 1. The molecule has 58 valence electrons. The predicted octanol–water partition coefficient (Wildman–Crippen LogP) is 2.61. The highest BCUT2D eigenvalue weighted by atomic mass is 16.3. The molecule has 2 aromatic rings. The lowest BCUT2D eigenvalue weighted by Gasteiger charge is -1.91. The van der Waals surface area contributed by atoms with Crippen LogP contribution in [0.25, 0.3) is 11.0 Å². The summed E-state index contributed by atoms with van der Waals surface area (Å²) in [4.78, 5) is 0.